The van der Waals surface area contributed by atoms with Gasteiger partial charge in [-0.25, -0.2) is 0 Å². The third-order valence-corrected chi connectivity index (χ3v) is 2.98. The summed E-state index contributed by atoms with van der Waals surface area (Å²) in [7, 11) is 1.94. The lowest BCUT2D eigenvalue weighted by atomic mass is 10.1. The van der Waals surface area contributed by atoms with Crippen molar-refractivity contribution in [2.75, 3.05) is 11.9 Å². The molecule has 0 amide bonds. The van der Waals surface area contributed by atoms with Crippen molar-refractivity contribution in [1.29, 1.82) is 0 Å². The summed E-state index contributed by atoms with van der Waals surface area (Å²) in [6.07, 6.45) is 0.00384. The molecule has 0 N–H and O–H groups in total. The predicted octanol–water partition coefficient (Wildman–Crippen LogP) is 2.79. The highest BCUT2D eigenvalue weighted by Crippen LogP contribution is 2.19. The van der Waals surface area contributed by atoms with E-state index in [1.165, 1.54) is 0 Å². The van der Waals surface area contributed by atoms with E-state index in [1.54, 1.807) is 0 Å². The normalized spacial score (nSPS) is 12.9. The Morgan fingerprint density at radius 1 is 1.06 bits per heavy atom. The molecule has 1 aromatic heterocycles. The lowest BCUT2D eigenvalue weighted by Gasteiger charge is -2.28. The highest BCUT2D eigenvalue weighted by Gasteiger charge is 2.18. The van der Waals surface area contributed by atoms with E-state index in [2.05, 4.69) is 35.7 Å². The van der Waals surface area contributed by atoms with Crippen molar-refractivity contribution >= 4 is 17.5 Å². The van der Waals surface area contributed by atoms with Gasteiger partial charge >= 0.3 is 6.01 Å². The van der Waals surface area contributed by atoms with Crippen molar-refractivity contribution in [2.45, 2.75) is 46.8 Å². The minimum atomic E-state index is 0.00384. The highest BCUT2D eigenvalue weighted by atomic mass is 35.5. The number of hydrogen-bond acceptors (Lipinski definition) is 5. The van der Waals surface area contributed by atoms with Crippen molar-refractivity contribution < 1.29 is 4.74 Å². The topological polar surface area (TPSA) is 51.1 Å². The molecule has 1 unspecified atom stereocenters. The van der Waals surface area contributed by atoms with Crippen molar-refractivity contribution in [3.05, 3.63) is 5.28 Å². The smallest absolute Gasteiger partial charge is 0.322 e. The van der Waals surface area contributed by atoms with Crippen LogP contribution >= 0.6 is 11.6 Å². The maximum Gasteiger partial charge on any atom is 0.322 e. The third kappa shape index (κ3) is 3.98. The van der Waals surface area contributed by atoms with E-state index in [-0.39, 0.29) is 17.4 Å². The number of nitrogens with zero attached hydrogens (tertiary/aromatic N) is 4. The minimum Gasteiger partial charge on any atom is -0.461 e. The molecule has 1 rings (SSSR count). The second kappa shape index (κ2) is 6.18. The first-order valence-corrected chi connectivity index (χ1v) is 6.50. The third-order valence-electron chi connectivity index (χ3n) is 2.81. The van der Waals surface area contributed by atoms with Gasteiger partial charge in [0.25, 0.3) is 0 Å². The van der Waals surface area contributed by atoms with E-state index in [9.17, 15) is 0 Å². The summed E-state index contributed by atoms with van der Waals surface area (Å²) in [6, 6.07) is 0.568. The Morgan fingerprint density at radius 3 is 2.17 bits per heavy atom. The van der Waals surface area contributed by atoms with Crippen molar-refractivity contribution in [2.24, 2.45) is 5.92 Å². The summed E-state index contributed by atoms with van der Waals surface area (Å²) < 4.78 is 5.45. The molecule has 0 aliphatic carbocycles. The molecule has 0 radical (unpaired) electrons. The van der Waals surface area contributed by atoms with Gasteiger partial charge in [-0.3, -0.25) is 0 Å². The van der Waals surface area contributed by atoms with Crippen LogP contribution in [0.4, 0.5) is 5.95 Å². The monoisotopic (exact) mass is 272 g/mol. The van der Waals surface area contributed by atoms with Crippen LogP contribution in [-0.4, -0.2) is 34.1 Å². The van der Waals surface area contributed by atoms with E-state index in [0.29, 0.717) is 17.9 Å². The molecule has 0 aromatic carbocycles. The van der Waals surface area contributed by atoms with Gasteiger partial charge in [0, 0.05) is 13.1 Å². The Hall–Kier alpha value is -1.10. The Morgan fingerprint density at radius 2 is 1.67 bits per heavy atom. The molecule has 18 heavy (non-hydrogen) atoms. The molecule has 0 aliphatic heterocycles. The molecule has 0 aliphatic rings. The van der Waals surface area contributed by atoms with Gasteiger partial charge < -0.3 is 9.64 Å². The summed E-state index contributed by atoms with van der Waals surface area (Å²) in [4.78, 5) is 14.3. The summed E-state index contributed by atoms with van der Waals surface area (Å²) >= 11 is 5.89. The fraction of sp³-hybridized carbons (Fsp3) is 0.750. The fourth-order valence-corrected chi connectivity index (χ4v) is 1.52. The van der Waals surface area contributed by atoms with Crippen molar-refractivity contribution in [1.82, 2.24) is 15.0 Å². The van der Waals surface area contributed by atoms with E-state index >= 15 is 0 Å². The second-order valence-corrected chi connectivity index (χ2v) is 5.29. The molecule has 1 heterocycles. The molecule has 1 aromatic rings. The quantitative estimate of drug-likeness (QED) is 0.825. The highest BCUT2D eigenvalue weighted by molar-refractivity contribution is 6.28. The van der Waals surface area contributed by atoms with Gasteiger partial charge in [-0.05, 0) is 38.3 Å². The molecule has 0 spiro atoms. The zero-order chi connectivity index (χ0) is 13.9. The number of ether oxygens (including phenoxy) is 1. The SMILES string of the molecule is CC(C)Oc1nc(Cl)nc(N(C)C(C)C(C)C)n1. The Balaban J connectivity index is 2.98. The van der Waals surface area contributed by atoms with Crippen molar-refractivity contribution in [3.8, 4) is 6.01 Å². The predicted molar refractivity (Wildman–Crippen MR) is 73.3 cm³/mol. The number of halogens is 1. The Kier molecular flexibility index (Phi) is 5.14. The van der Waals surface area contributed by atoms with Crippen LogP contribution < -0.4 is 9.64 Å². The molecular formula is C12H21ClN4O. The van der Waals surface area contributed by atoms with Gasteiger partial charge in [-0.1, -0.05) is 13.8 Å². The molecule has 1 atom stereocenters. The largest absolute Gasteiger partial charge is 0.461 e. The summed E-state index contributed by atoms with van der Waals surface area (Å²) in [5.41, 5.74) is 0. The second-order valence-electron chi connectivity index (χ2n) is 4.95. The lowest BCUT2D eigenvalue weighted by molar-refractivity contribution is 0.221. The molecule has 0 bridgehead atoms. The number of rotatable bonds is 5. The van der Waals surface area contributed by atoms with E-state index in [4.69, 9.17) is 16.3 Å². The van der Waals surface area contributed by atoms with Gasteiger partial charge in [-0.2, -0.15) is 15.0 Å². The fourth-order valence-electron chi connectivity index (χ4n) is 1.37. The molecule has 0 saturated carbocycles. The lowest BCUT2D eigenvalue weighted by Crippen LogP contribution is -2.34. The first-order valence-electron chi connectivity index (χ1n) is 6.12. The summed E-state index contributed by atoms with van der Waals surface area (Å²) in [6.45, 7) is 10.2. The maximum atomic E-state index is 5.89. The summed E-state index contributed by atoms with van der Waals surface area (Å²) in [5.74, 6) is 1.02. The number of hydrogen-bond donors (Lipinski definition) is 0. The first kappa shape index (κ1) is 15.0. The first-order chi connectivity index (χ1) is 8.31. The zero-order valence-corrected chi connectivity index (χ0v) is 12.6. The van der Waals surface area contributed by atoms with Crippen LogP contribution in [0, 0.1) is 5.92 Å². The van der Waals surface area contributed by atoms with Crippen LogP contribution in [-0.2, 0) is 0 Å². The van der Waals surface area contributed by atoms with Crippen LogP contribution in [0.2, 0.25) is 5.28 Å². The standard InChI is InChI=1S/C12H21ClN4O/c1-7(2)9(5)17(6)11-14-10(13)15-12(16-11)18-8(3)4/h7-9H,1-6H3. The molecule has 102 valence electrons. The Labute approximate surface area is 114 Å². The van der Waals surface area contributed by atoms with Crippen molar-refractivity contribution in [3.63, 3.8) is 0 Å². The number of aromatic nitrogens is 3. The van der Waals surface area contributed by atoms with Gasteiger partial charge in [0.2, 0.25) is 11.2 Å². The average molecular weight is 273 g/mol. The van der Waals surface area contributed by atoms with E-state index in [0.717, 1.165) is 0 Å². The molecular weight excluding hydrogens is 252 g/mol. The number of anilines is 1. The Bertz CT molecular complexity index is 398. The van der Waals surface area contributed by atoms with Gasteiger partial charge in [0.1, 0.15) is 0 Å². The average Bonchev–Trinajstić information content (AvgIpc) is 2.25. The van der Waals surface area contributed by atoms with Crippen LogP contribution in [0.3, 0.4) is 0 Å². The van der Waals surface area contributed by atoms with Crippen LogP contribution in [0.1, 0.15) is 34.6 Å². The van der Waals surface area contributed by atoms with Gasteiger partial charge in [-0.15, -0.1) is 0 Å². The maximum absolute atomic E-state index is 5.89. The molecule has 0 saturated heterocycles. The van der Waals surface area contributed by atoms with Crippen LogP contribution in [0.25, 0.3) is 0 Å². The van der Waals surface area contributed by atoms with E-state index in [1.807, 2.05) is 25.8 Å². The summed E-state index contributed by atoms with van der Waals surface area (Å²) in [5, 5.41) is 0.151. The van der Waals surface area contributed by atoms with Crippen LogP contribution in [0.15, 0.2) is 0 Å². The van der Waals surface area contributed by atoms with Gasteiger partial charge in [0.15, 0.2) is 0 Å². The zero-order valence-electron chi connectivity index (χ0n) is 11.8. The van der Waals surface area contributed by atoms with Gasteiger partial charge in [0.05, 0.1) is 6.10 Å². The van der Waals surface area contributed by atoms with Crippen LogP contribution in [0.5, 0.6) is 6.01 Å². The molecule has 6 heteroatoms. The minimum absolute atomic E-state index is 0.00384. The molecule has 0 fully saturated rings. The van der Waals surface area contributed by atoms with E-state index < -0.39 is 0 Å². The molecule has 5 nitrogen and oxygen atoms in total.